The zero-order valence-electron chi connectivity index (χ0n) is 22.2. The van der Waals surface area contributed by atoms with Crippen molar-refractivity contribution in [1.82, 2.24) is 20.4 Å². The van der Waals surface area contributed by atoms with Crippen LogP contribution in [-0.2, 0) is 16.6 Å². The molecule has 4 rings (SSSR count). The van der Waals surface area contributed by atoms with Crippen LogP contribution >= 0.6 is 22.9 Å². The molecule has 4 aromatic rings. The molecule has 0 bridgehead atoms. The number of nitrogens with zero attached hydrogens (tertiary/aromatic N) is 2. The largest absolute Gasteiger partial charge is 0.354 e. The number of halogens is 1. The second kappa shape index (κ2) is 10.7. The third-order valence-electron chi connectivity index (χ3n) is 6.47. The minimum absolute atomic E-state index is 0.0514. The average Bonchev–Trinajstić information content (AvgIpc) is 3.39. The third kappa shape index (κ3) is 6.05. The molecular weight excluding hydrogens is 504 g/mol. The Morgan fingerprint density at radius 3 is 2.22 bits per heavy atom. The molecule has 0 fully saturated rings. The number of rotatable bonds is 7. The molecule has 0 aliphatic carbocycles. The van der Waals surface area contributed by atoms with Gasteiger partial charge in [-0.05, 0) is 78.8 Å². The molecule has 0 radical (unpaired) electrons. The molecule has 6 nitrogen and oxygen atoms in total. The van der Waals surface area contributed by atoms with Crippen molar-refractivity contribution >= 4 is 45.0 Å². The van der Waals surface area contributed by atoms with Gasteiger partial charge in [0, 0.05) is 23.5 Å². The molecule has 2 heterocycles. The van der Waals surface area contributed by atoms with E-state index < -0.39 is 0 Å². The summed E-state index contributed by atoms with van der Waals surface area (Å²) in [4.78, 5) is 26.9. The smallest absolute Gasteiger partial charge is 0.261 e. The predicted octanol–water partition coefficient (Wildman–Crippen LogP) is 6.05. The number of aromatic nitrogens is 2. The summed E-state index contributed by atoms with van der Waals surface area (Å²) in [6.07, 6.45) is 0.326. The van der Waals surface area contributed by atoms with Gasteiger partial charge in [-0.25, -0.2) is 4.68 Å². The lowest BCUT2D eigenvalue weighted by Crippen LogP contribution is -2.35. The standard InChI is InChI=1S/C29H33ClN4O2S/c1-17-13-20(29(4,5)6)14-18(2)23(17)16-26(35)31-11-12-32-27(36)25-15-24-19(3)33-34(28(24)37-25)22-9-7-21(30)8-10-22/h7-10,13-15H,11-12,16H2,1-6H3,(H,31,35)(H,32,36). The number of fused-ring (bicyclic) bond motifs is 1. The molecule has 0 aliphatic heterocycles. The molecule has 0 aliphatic rings. The first-order valence-corrected chi connectivity index (χ1v) is 13.5. The zero-order valence-corrected chi connectivity index (χ0v) is 23.7. The molecule has 37 heavy (non-hydrogen) atoms. The Balaban J connectivity index is 1.33. The maximum atomic E-state index is 12.8. The van der Waals surface area contributed by atoms with E-state index in [4.69, 9.17) is 11.6 Å². The normalized spacial score (nSPS) is 11.6. The van der Waals surface area contributed by atoms with Gasteiger partial charge in [0.15, 0.2) is 0 Å². The van der Waals surface area contributed by atoms with Gasteiger partial charge >= 0.3 is 0 Å². The van der Waals surface area contributed by atoms with Gasteiger partial charge in [-0.2, -0.15) is 5.10 Å². The van der Waals surface area contributed by atoms with Crippen LogP contribution in [0, 0.1) is 20.8 Å². The highest BCUT2D eigenvalue weighted by atomic mass is 35.5. The van der Waals surface area contributed by atoms with E-state index in [-0.39, 0.29) is 17.2 Å². The van der Waals surface area contributed by atoms with E-state index in [0.717, 1.165) is 38.3 Å². The fourth-order valence-corrected chi connectivity index (χ4v) is 5.54. The van der Waals surface area contributed by atoms with E-state index in [0.29, 0.717) is 29.4 Å². The lowest BCUT2D eigenvalue weighted by atomic mass is 9.83. The maximum Gasteiger partial charge on any atom is 0.261 e. The number of nitrogens with one attached hydrogen (secondary N) is 2. The molecule has 0 saturated carbocycles. The number of benzene rings is 2. The summed E-state index contributed by atoms with van der Waals surface area (Å²) >= 11 is 7.41. The van der Waals surface area contributed by atoms with Crippen LogP contribution in [0.3, 0.4) is 0 Å². The van der Waals surface area contributed by atoms with Crippen LogP contribution in [0.5, 0.6) is 0 Å². The summed E-state index contributed by atoms with van der Waals surface area (Å²) in [5.74, 6) is -0.216. The van der Waals surface area contributed by atoms with E-state index in [9.17, 15) is 9.59 Å². The van der Waals surface area contributed by atoms with Gasteiger partial charge in [0.25, 0.3) is 5.91 Å². The van der Waals surface area contributed by atoms with Crippen LogP contribution in [0.4, 0.5) is 0 Å². The zero-order chi connectivity index (χ0) is 26.9. The van der Waals surface area contributed by atoms with Gasteiger partial charge in [-0.1, -0.05) is 44.5 Å². The highest BCUT2D eigenvalue weighted by Gasteiger charge is 2.19. The molecule has 0 atom stereocenters. The number of aryl methyl sites for hydroxylation is 3. The molecule has 0 unspecified atom stereocenters. The van der Waals surface area contributed by atoms with E-state index in [1.54, 1.807) is 0 Å². The monoisotopic (exact) mass is 536 g/mol. The van der Waals surface area contributed by atoms with Crippen molar-refractivity contribution in [3.05, 3.63) is 80.3 Å². The second-order valence-electron chi connectivity index (χ2n) is 10.4. The Morgan fingerprint density at radius 1 is 0.973 bits per heavy atom. The van der Waals surface area contributed by atoms with Crippen molar-refractivity contribution in [2.24, 2.45) is 0 Å². The molecule has 8 heteroatoms. The van der Waals surface area contributed by atoms with E-state index in [2.05, 4.69) is 62.5 Å². The molecule has 2 amide bonds. The molecule has 0 saturated heterocycles. The van der Waals surface area contributed by atoms with E-state index in [1.165, 1.54) is 16.9 Å². The molecule has 2 aromatic carbocycles. The number of carbonyl (C=O) groups is 2. The van der Waals surface area contributed by atoms with Crippen LogP contribution in [0.25, 0.3) is 15.9 Å². The molecule has 2 N–H and O–H groups in total. The van der Waals surface area contributed by atoms with Crippen molar-refractivity contribution in [3.63, 3.8) is 0 Å². The lowest BCUT2D eigenvalue weighted by molar-refractivity contribution is -0.120. The minimum Gasteiger partial charge on any atom is -0.354 e. The number of hydrogen-bond donors (Lipinski definition) is 2. The van der Waals surface area contributed by atoms with Crippen LogP contribution in [0.1, 0.15) is 58.4 Å². The first kappa shape index (κ1) is 26.9. The second-order valence-corrected chi connectivity index (χ2v) is 11.9. The SMILES string of the molecule is Cc1cc(C(C)(C)C)cc(C)c1CC(=O)NCCNC(=O)c1cc2c(C)nn(-c3ccc(Cl)cc3)c2s1. The van der Waals surface area contributed by atoms with Gasteiger partial charge in [0.05, 0.1) is 22.7 Å². The van der Waals surface area contributed by atoms with E-state index in [1.807, 2.05) is 41.9 Å². The van der Waals surface area contributed by atoms with Gasteiger partial charge in [0.1, 0.15) is 4.83 Å². The van der Waals surface area contributed by atoms with Gasteiger partial charge in [-0.15, -0.1) is 11.3 Å². The van der Waals surface area contributed by atoms with Crippen LogP contribution in [0.2, 0.25) is 5.02 Å². The summed E-state index contributed by atoms with van der Waals surface area (Å²) in [7, 11) is 0. The number of amides is 2. The topological polar surface area (TPSA) is 76.0 Å². The Morgan fingerprint density at radius 2 is 1.59 bits per heavy atom. The van der Waals surface area contributed by atoms with Crippen molar-refractivity contribution in [1.29, 1.82) is 0 Å². The van der Waals surface area contributed by atoms with Crippen molar-refractivity contribution in [3.8, 4) is 5.69 Å². The molecule has 0 spiro atoms. The maximum absolute atomic E-state index is 12.8. The van der Waals surface area contributed by atoms with Gasteiger partial charge in [0.2, 0.25) is 5.91 Å². The highest BCUT2D eigenvalue weighted by molar-refractivity contribution is 7.20. The molecule has 194 valence electrons. The minimum atomic E-state index is -0.165. The summed E-state index contributed by atoms with van der Waals surface area (Å²) in [6, 6.07) is 13.7. The Labute approximate surface area is 227 Å². The average molecular weight is 537 g/mol. The van der Waals surface area contributed by atoms with Crippen molar-refractivity contribution < 1.29 is 9.59 Å². The number of thiophene rings is 1. The van der Waals surface area contributed by atoms with Crippen LogP contribution in [-0.4, -0.2) is 34.7 Å². The predicted molar refractivity (Wildman–Crippen MR) is 152 cm³/mol. The number of hydrogen-bond acceptors (Lipinski definition) is 4. The van der Waals surface area contributed by atoms with Gasteiger partial charge < -0.3 is 10.6 Å². The quantitative estimate of drug-likeness (QED) is 0.282. The number of carbonyl (C=O) groups excluding carboxylic acids is 2. The highest BCUT2D eigenvalue weighted by Crippen LogP contribution is 2.31. The Hall–Kier alpha value is -3.16. The lowest BCUT2D eigenvalue weighted by Gasteiger charge is -2.22. The van der Waals surface area contributed by atoms with E-state index >= 15 is 0 Å². The third-order valence-corrected chi connectivity index (χ3v) is 7.83. The molecule has 2 aromatic heterocycles. The molecular formula is C29H33ClN4O2S. The summed E-state index contributed by atoms with van der Waals surface area (Å²) < 4.78 is 1.83. The first-order valence-electron chi connectivity index (χ1n) is 12.3. The summed E-state index contributed by atoms with van der Waals surface area (Å²) in [6.45, 7) is 13.3. The van der Waals surface area contributed by atoms with Crippen LogP contribution in [0.15, 0.2) is 42.5 Å². The summed E-state index contributed by atoms with van der Waals surface area (Å²) in [5.41, 5.74) is 6.40. The summed E-state index contributed by atoms with van der Waals surface area (Å²) in [5, 5.41) is 12.1. The van der Waals surface area contributed by atoms with Crippen LogP contribution < -0.4 is 10.6 Å². The fourth-order valence-electron chi connectivity index (χ4n) is 4.31. The van der Waals surface area contributed by atoms with Crippen molar-refractivity contribution in [2.45, 2.75) is 53.4 Å². The first-order chi connectivity index (χ1) is 17.4. The Kier molecular flexibility index (Phi) is 7.76. The Bertz CT molecular complexity index is 1440. The van der Waals surface area contributed by atoms with Crippen molar-refractivity contribution in [2.75, 3.05) is 13.1 Å². The fraction of sp³-hybridized carbons (Fsp3) is 0.345. The van der Waals surface area contributed by atoms with Gasteiger partial charge in [-0.3, -0.25) is 9.59 Å².